The van der Waals surface area contributed by atoms with E-state index in [4.69, 9.17) is 9.47 Å². The van der Waals surface area contributed by atoms with Crippen molar-refractivity contribution in [2.45, 2.75) is 12.8 Å². The van der Waals surface area contributed by atoms with Crippen LogP contribution in [-0.4, -0.2) is 30.4 Å². The minimum atomic E-state index is -1.20. The predicted molar refractivity (Wildman–Crippen MR) is 76.6 cm³/mol. The molecule has 1 aromatic carbocycles. The van der Waals surface area contributed by atoms with E-state index in [-0.39, 0.29) is 30.1 Å². The summed E-state index contributed by atoms with van der Waals surface area (Å²) in [6.45, 7) is 0. The molecule has 1 aliphatic carbocycles. The molecule has 1 aromatic rings. The first-order chi connectivity index (χ1) is 10.0. The van der Waals surface area contributed by atoms with Crippen LogP contribution < -0.4 is 0 Å². The van der Waals surface area contributed by atoms with Crippen LogP contribution in [0.4, 0.5) is 0 Å². The topological polar surface area (TPSA) is 76.0 Å². The van der Waals surface area contributed by atoms with E-state index in [1.807, 2.05) is 30.3 Å². The molecule has 0 bridgehead atoms. The van der Waals surface area contributed by atoms with Gasteiger partial charge in [0.25, 0.3) is 0 Å². The van der Waals surface area contributed by atoms with Gasteiger partial charge in [-0.1, -0.05) is 30.3 Å². The van der Waals surface area contributed by atoms with Crippen LogP contribution in [-0.2, 0) is 20.7 Å². The van der Waals surface area contributed by atoms with Gasteiger partial charge in [0.2, 0.25) is 0 Å². The van der Waals surface area contributed by atoms with Gasteiger partial charge in [-0.05, 0) is 18.1 Å². The maximum atomic E-state index is 11.9. The van der Waals surface area contributed by atoms with Crippen molar-refractivity contribution in [1.29, 1.82) is 0 Å². The maximum absolute atomic E-state index is 11.9. The van der Waals surface area contributed by atoms with Gasteiger partial charge >= 0.3 is 5.97 Å². The van der Waals surface area contributed by atoms with E-state index >= 15 is 0 Å². The number of hydrogen-bond donors (Lipinski definition) is 2. The van der Waals surface area contributed by atoms with Gasteiger partial charge in [0.15, 0.2) is 11.5 Å². The quantitative estimate of drug-likeness (QED) is 0.872. The normalized spacial score (nSPS) is 21.7. The fourth-order valence-corrected chi connectivity index (χ4v) is 2.49. The molecule has 1 unspecified atom stereocenters. The molecule has 1 aliphatic rings. The summed E-state index contributed by atoms with van der Waals surface area (Å²) in [4.78, 5) is 11.9. The standard InChI is InChI=1S/C16H18O5/c1-20-12-9-16(15(18)19,10-13(21-2)14(12)17)8-11-6-4-3-5-7-11/h3-7,9,17H,8,10H2,1-2H3,(H,18,19). The highest BCUT2D eigenvalue weighted by molar-refractivity contribution is 5.79. The molecule has 0 saturated heterocycles. The Morgan fingerprint density at radius 3 is 2.43 bits per heavy atom. The Kier molecular flexibility index (Phi) is 4.21. The summed E-state index contributed by atoms with van der Waals surface area (Å²) < 4.78 is 10.2. The number of carboxylic acids is 1. The smallest absolute Gasteiger partial charge is 0.314 e. The minimum Gasteiger partial charge on any atom is -0.502 e. The average Bonchev–Trinajstić information content (AvgIpc) is 2.49. The molecule has 2 N–H and O–H groups in total. The monoisotopic (exact) mass is 290 g/mol. The Bertz CT molecular complexity index is 588. The lowest BCUT2D eigenvalue weighted by molar-refractivity contribution is -0.146. The number of carboxylic acid groups (broad SMARTS) is 1. The number of rotatable bonds is 5. The molecular formula is C16H18O5. The first kappa shape index (κ1) is 15.0. The Hall–Kier alpha value is -2.43. The number of ether oxygens (including phenoxy) is 2. The number of allylic oxidation sites excluding steroid dienone is 1. The molecule has 2 rings (SSSR count). The van der Waals surface area contributed by atoms with Crippen LogP contribution in [0.15, 0.2) is 53.7 Å². The highest BCUT2D eigenvalue weighted by Gasteiger charge is 2.43. The molecule has 5 nitrogen and oxygen atoms in total. The van der Waals surface area contributed by atoms with Gasteiger partial charge in [-0.3, -0.25) is 4.79 Å². The lowest BCUT2D eigenvalue weighted by atomic mass is 9.75. The average molecular weight is 290 g/mol. The van der Waals surface area contributed by atoms with Gasteiger partial charge < -0.3 is 19.7 Å². The summed E-state index contributed by atoms with van der Waals surface area (Å²) in [6.07, 6.45) is 1.82. The van der Waals surface area contributed by atoms with Crippen LogP contribution in [0.1, 0.15) is 12.0 Å². The van der Waals surface area contributed by atoms with Gasteiger partial charge in [-0.2, -0.15) is 0 Å². The SMILES string of the molecule is COC1=CC(Cc2ccccc2)(C(=O)O)CC(OC)=C1O. The fourth-order valence-electron chi connectivity index (χ4n) is 2.49. The molecule has 21 heavy (non-hydrogen) atoms. The number of aliphatic hydroxyl groups excluding tert-OH is 1. The summed E-state index contributed by atoms with van der Waals surface area (Å²) in [6, 6.07) is 9.34. The number of methoxy groups -OCH3 is 2. The molecule has 112 valence electrons. The summed E-state index contributed by atoms with van der Waals surface area (Å²) >= 11 is 0. The van der Waals surface area contributed by atoms with Crippen molar-refractivity contribution in [2.75, 3.05) is 14.2 Å². The number of hydrogen-bond acceptors (Lipinski definition) is 4. The van der Waals surface area contributed by atoms with Crippen molar-refractivity contribution in [3.8, 4) is 0 Å². The highest BCUT2D eigenvalue weighted by Crippen LogP contribution is 2.40. The molecule has 0 spiro atoms. The molecule has 0 heterocycles. The van der Waals surface area contributed by atoms with Crippen molar-refractivity contribution >= 4 is 5.97 Å². The van der Waals surface area contributed by atoms with Gasteiger partial charge in [0.05, 0.1) is 14.2 Å². The first-order valence-corrected chi connectivity index (χ1v) is 6.53. The molecule has 0 aliphatic heterocycles. The molecule has 0 aromatic heterocycles. The number of aliphatic hydroxyl groups is 1. The minimum absolute atomic E-state index is 0.0758. The van der Waals surface area contributed by atoms with Gasteiger partial charge in [0.1, 0.15) is 11.2 Å². The zero-order valence-corrected chi connectivity index (χ0v) is 12.0. The number of carbonyl (C=O) groups is 1. The predicted octanol–water partition coefficient (Wildman–Crippen LogP) is 2.65. The molecule has 0 amide bonds. The summed E-state index contributed by atoms with van der Waals surface area (Å²) in [5.41, 5.74) is -0.312. The van der Waals surface area contributed by atoms with Crippen molar-refractivity contribution in [3.05, 3.63) is 59.2 Å². The van der Waals surface area contributed by atoms with E-state index in [0.29, 0.717) is 0 Å². The maximum Gasteiger partial charge on any atom is 0.314 e. The van der Waals surface area contributed by atoms with Crippen molar-refractivity contribution in [1.82, 2.24) is 0 Å². The van der Waals surface area contributed by atoms with Crippen LogP contribution in [0, 0.1) is 5.41 Å². The third-order valence-corrected chi connectivity index (χ3v) is 3.64. The Morgan fingerprint density at radius 2 is 1.90 bits per heavy atom. The molecule has 0 fully saturated rings. The number of benzene rings is 1. The van der Waals surface area contributed by atoms with E-state index in [1.165, 1.54) is 20.3 Å². The van der Waals surface area contributed by atoms with Gasteiger partial charge in [-0.25, -0.2) is 0 Å². The van der Waals surface area contributed by atoms with E-state index in [2.05, 4.69) is 0 Å². The Morgan fingerprint density at radius 1 is 1.24 bits per heavy atom. The van der Waals surface area contributed by atoms with Crippen molar-refractivity contribution < 1.29 is 24.5 Å². The van der Waals surface area contributed by atoms with E-state index < -0.39 is 11.4 Å². The summed E-state index contributed by atoms with van der Waals surface area (Å²) in [7, 11) is 2.79. The Labute approximate surface area is 123 Å². The third kappa shape index (κ3) is 2.86. The van der Waals surface area contributed by atoms with Gasteiger partial charge in [-0.15, -0.1) is 0 Å². The molecule has 0 saturated carbocycles. The summed E-state index contributed by atoms with van der Waals surface area (Å²) in [5, 5.41) is 19.7. The lowest BCUT2D eigenvalue weighted by Gasteiger charge is -2.31. The molecule has 5 heteroatoms. The molecule has 1 atom stereocenters. The van der Waals surface area contributed by atoms with Crippen LogP contribution in [0.3, 0.4) is 0 Å². The highest BCUT2D eigenvalue weighted by atomic mass is 16.5. The second-order valence-corrected chi connectivity index (χ2v) is 4.99. The Balaban J connectivity index is 2.44. The van der Waals surface area contributed by atoms with E-state index in [0.717, 1.165) is 5.56 Å². The third-order valence-electron chi connectivity index (χ3n) is 3.64. The zero-order valence-electron chi connectivity index (χ0n) is 12.0. The van der Waals surface area contributed by atoms with Crippen LogP contribution in [0.25, 0.3) is 0 Å². The van der Waals surface area contributed by atoms with Gasteiger partial charge in [0, 0.05) is 6.42 Å². The molecule has 0 radical (unpaired) electrons. The van der Waals surface area contributed by atoms with Crippen LogP contribution >= 0.6 is 0 Å². The largest absolute Gasteiger partial charge is 0.502 e. The van der Waals surface area contributed by atoms with Crippen LogP contribution in [0.5, 0.6) is 0 Å². The lowest BCUT2D eigenvalue weighted by Crippen LogP contribution is -2.35. The second kappa shape index (κ2) is 5.91. The van der Waals surface area contributed by atoms with E-state index in [9.17, 15) is 15.0 Å². The fraction of sp³-hybridized carbons (Fsp3) is 0.312. The van der Waals surface area contributed by atoms with Crippen LogP contribution in [0.2, 0.25) is 0 Å². The van der Waals surface area contributed by atoms with Crippen molar-refractivity contribution in [2.24, 2.45) is 5.41 Å². The first-order valence-electron chi connectivity index (χ1n) is 6.53. The second-order valence-electron chi connectivity index (χ2n) is 4.99. The van der Waals surface area contributed by atoms with E-state index in [1.54, 1.807) is 0 Å². The zero-order chi connectivity index (χ0) is 15.5. The van der Waals surface area contributed by atoms with Crippen molar-refractivity contribution in [3.63, 3.8) is 0 Å². The summed E-state index contributed by atoms with van der Waals surface area (Å²) in [5.74, 6) is -0.794. The number of aliphatic carboxylic acids is 1. The molecular weight excluding hydrogens is 272 g/mol.